The summed E-state index contributed by atoms with van der Waals surface area (Å²) in [5, 5.41) is 3.61. The van der Waals surface area contributed by atoms with Crippen LogP contribution in [0.5, 0.6) is 0 Å². The summed E-state index contributed by atoms with van der Waals surface area (Å²) in [6.07, 6.45) is 1.21. The van der Waals surface area contributed by atoms with Crippen molar-refractivity contribution in [2.24, 2.45) is 0 Å². The Hall–Kier alpha value is -1.62. The molecule has 2 aromatic rings. The Bertz CT molecular complexity index is 557. The highest BCUT2D eigenvalue weighted by Crippen LogP contribution is 2.27. The molecule has 0 atom stereocenters. The second kappa shape index (κ2) is 5.14. The Kier molecular flexibility index (Phi) is 3.58. The monoisotopic (exact) mass is 294 g/mol. The second-order valence-corrected chi connectivity index (χ2v) is 4.19. The van der Waals surface area contributed by atoms with E-state index in [0.717, 1.165) is 15.4 Å². The normalized spacial score (nSPS) is 10.2. The third-order valence-electron chi connectivity index (χ3n) is 2.23. The van der Waals surface area contributed by atoms with E-state index in [9.17, 15) is 4.79 Å². The average molecular weight is 295 g/mol. The topological polar surface area (TPSA) is 51.2 Å². The molecule has 0 aliphatic heterocycles. The van der Waals surface area contributed by atoms with Crippen molar-refractivity contribution in [3.8, 4) is 0 Å². The first-order valence-electron chi connectivity index (χ1n) is 5.19. The standard InChI is InChI=1S/C12H11BrN2O2/c1-2-17-12(16)15-10-5-3-4-8-9(13)6-7-14-11(8)10/h3-7H,2H2,1H3,(H,15,16). The van der Waals surface area contributed by atoms with E-state index in [2.05, 4.69) is 26.2 Å². The number of rotatable bonds is 2. The fourth-order valence-corrected chi connectivity index (χ4v) is 1.96. The van der Waals surface area contributed by atoms with Crippen LogP contribution in [0.15, 0.2) is 34.9 Å². The molecule has 0 fully saturated rings. The van der Waals surface area contributed by atoms with Crippen LogP contribution in [0, 0.1) is 0 Å². The van der Waals surface area contributed by atoms with Gasteiger partial charge in [-0.25, -0.2) is 4.79 Å². The third kappa shape index (κ3) is 2.55. The molecule has 2 rings (SSSR count). The molecular formula is C12H11BrN2O2. The van der Waals surface area contributed by atoms with Crippen molar-refractivity contribution < 1.29 is 9.53 Å². The molecule has 0 saturated carbocycles. The van der Waals surface area contributed by atoms with Gasteiger partial charge in [-0.3, -0.25) is 10.3 Å². The van der Waals surface area contributed by atoms with E-state index >= 15 is 0 Å². The molecule has 0 bridgehead atoms. The maximum Gasteiger partial charge on any atom is 0.411 e. The number of pyridine rings is 1. The molecule has 0 saturated heterocycles. The first kappa shape index (κ1) is 11.9. The molecule has 1 amide bonds. The molecule has 1 aromatic heterocycles. The van der Waals surface area contributed by atoms with Crippen molar-refractivity contribution in [2.75, 3.05) is 11.9 Å². The number of hydrogen-bond donors (Lipinski definition) is 1. The van der Waals surface area contributed by atoms with E-state index in [1.807, 2.05) is 18.2 Å². The fraction of sp³-hybridized carbons (Fsp3) is 0.167. The van der Waals surface area contributed by atoms with Gasteiger partial charge in [0.15, 0.2) is 0 Å². The number of benzene rings is 1. The molecular weight excluding hydrogens is 284 g/mol. The Morgan fingerprint density at radius 2 is 2.29 bits per heavy atom. The summed E-state index contributed by atoms with van der Waals surface area (Å²) in [5.41, 5.74) is 1.37. The SMILES string of the molecule is CCOC(=O)Nc1cccc2c(Br)ccnc12. The second-order valence-electron chi connectivity index (χ2n) is 3.34. The Morgan fingerprint density at radius 1 is 1.47 bits per heavy atom. The van der Waals surface area contributed by atoms with Gasteiger partial charge >= 0.3 is 6.09 Å². The van der Waals surface area contributed by atoms with Crippen LogP contribution in [0.3, 0.4) is 0 Å². The lowest BCUT2D eigenvalue weighted by Crippen LogP contribution is -2.13. The lowest BCUT2D eigenvalue weighted by molar-refractivity contribution is 0.168. The summed E-state index contributed by atoms with van der Waals surface area (Å²) in [5.74, 6) is 0. The first-order valence-corrected chi connectivity index (χ1v) is 5.98. The van der Waals surface area contributed by atoms with Crippen LogP contribution in [-0.2, 0) is 4.74 Å². The smallest absolute Gasteiger partial charge is 0.411 e. The van der Waals surface area contributed by atoms with Gasteiger partial charge in [-0.15, -0.1) is 0 Å². The lowest BCUT2D eigenvalue weighted by Gasteiger charge is -2.08. The van der Waals surface area contributed by atoms with E-state index in [4.69, 9.17) is 4.74 Å². The number of amides is 1. The van der Waals surface area contributed by atoms with Crippen LogP contribution in [0.1, 0.15) is 6.92 Å². The van der Waals surface area contributed by atoms with Gasteiger partial charge in [-0.2, -0.15) is 0 Å². The number of aromatic nitrogens is 1. The van der Waals surface area contributed by atoms with Crippen LogP contribution in [0.25, 0.3) is 10.9 Å². The molecule has 5 heteroatoms. The molecule has 0 radical (unpaired) electrons. The Balaban J connectivity index is 2.41. The van der Waals surface area contributed by atoms with Gasteiger partial charge in [0, 0.05) is 16.1 Å². The zero-order chi connectivity index (χ0) is 12.3. The molecule has 0 aliphatic rings. The highest BCUT2D eigenvalue weighted by molar-refractivity contribution is 9.10. The summed E-state index contributed by atoms with van der Waals surface area (Å²) in [6.45, 7) is 2.10. The van der Waals surface area contributed by atoms with Gasteiger partial charge in [-0.05, 0) is 19.1 Å². The minimum Gasteiger partial charge on any atom is -0.450 e. The zero-order valence-electron chi connectivity index (χ0n) is 9.24. The van der Waals surface area contributed by atoms with Crippen LogP contribution in [0.2, 0.25) is 0 Å². The summed E-state index contributed by atoms with van der Waals surface area (Å²) in [7, 11) is 0. The van der Waals surface area contributed by atoms with Crippen molar-refractivity contribution in [1.29, 1.82) is 0 Å². The molecule has 0 unspecified atom stereocenters. The van der Waals surface area contributed by atoms with E-state index in [0.29, 0.717) is 12.3 Å². The quantitative estimate of drug-likeness (QED) is 0.921. The highest BCUT2D eigenvalue weighted by atomic mass is 79.9. The number of hydrogen-bond acceptors (Lipinski definition) is 3. The fourth-order valence-electron chi connectivity index (χ4n) is 1.52. The van der Waals surface area contributed by atoms with Gasteiger partial charge in [0.25, 0.3) is 0 Å². The maximum absolute atomic E-state index is 11.4. The van der Waals surface area contributed by atoms with E-state index in [-0.39, 0.29) is 0 Å². The number of nitrogens with zero attached hydrogens (tertiary/aromatic N) is 1. The highest BCUT2D eigenvalue weighted by Gasteiger charge is 2.08. The third-order valence-corrected chi connectivity index (χ3v) is 2.92. The minimum atomic E-state index is -0.471. The molecule has 1 aromatic carbocycles. The van der Waals surface area contributed by atoms with E-state index < -0.39 is 6.09 Å². The van der Waals surface area contributed by atoms with Crippen molar-refractivity contribution in [1.82, 2.24) is 4.98 Å². The van der Waals surface area contributed by atoms with Crippen LogP contribution >= 0.6 is 15.9 Å². The van der Waals surface area contributed by atoms with Gasteiger partial charge in [0.1, 0.15) is 0 Å². The number of carbonyl (C=O) groups excluding carboxylic acids is 1. The molecule has 17 heavy (non-hydrogen) atoms. The van der Waals surface area contributed by atoms with Gasteiger partial charge in [-0.1, -0.05) is 28.1 Å². The predicted molar refractivity (Wildman–Crippen MR) is 70.1 cm³/mol. The van der Waals surface area contributed by atoms with Gasteiger partial charge < -0.3 is 4.74 Å². The van der Waals surface area contributed by atoms with Crippen molar-refractivity contribution in [3.05, 3.63) is 34.9 Å². The molecule has 4 nitrogen and oxygen atoms in total. The largest absolute Gasteiger partial charge is 0.450 e. The van der Waals surface area contributed by atoms with E-state index in [1.165, 1.54) is 0 Å². The van der Waals surface area contributed by atoms with Crippen LogP contribution in [0.4, 0.5) is 10.5 Å². The molecule has 1 heterocycles. The lowest BCUT2D eigenvalue weighted by atomic mass is 10.2. The number of anilines is 1. The molecule has 0 aliphatic carbocycles. The molecule has 1 N–H and O–H groups in total. The number of fused-ring (bicyclic) bond motifs is 1. The summed E-state index contributed by atoms with van der Waals surface area (Å²) < 4.78 is 5.78. The maximum atomic E-state index is 11.4. The summed E-state index contributed by atoms with van der Waals surface area (Å²) in [4.78, 5) is 15.6. The summed E-state index contributed by atoms with van der Waals surface area (Å²) in [6, 6.07) is 7.44. The molecule has 0 spiro atoms. The Morgan fingerprint density at radius 3 is 3.06 bits per heavy atom. The summed E-state index contributed by atoms with van der Waals surface area (Å²) >= 11 is 3.44. The number of nitrogens with one attached hydrogen (secondary N) is 1. The van der Waals surface area contributed by atoms with Crippen molar-refractivity contribution in [3.63, 3.8) is 0 Å². The van der Waals surface area contributed by atoms with Gasteiger partial charge in [0.2, 0.25) is 0 Å². The Labute approximate surface area is 107 Å². The number of ether oxygens (including phenoxy) is 1. The predicted octanol–water partition coefficient (Wildman–Crippen LogP) is 3.57. The van der Waals surface area contributed by atoms with Crippen LogP contribution in [-0.4, -0.2) is 17.7 Å². The number of para-hydroxylation sites is 1. The van der Waals surface area contributed by atoms with Crippen molar-refractivity contribution >= 4 is 38.6 Å². The zero-order valence-corrected chi connectivity index (χ0v) is 10.8. The van der Waals surface area contributed by atoms with Crippen LogP contribution < -0.4 is 5.32 Å². The minimum absolute atomic E-state index is 0.341. The van der Waals surface area contributed by atoms with Gasteiger partial charge in [0.05, 0.1) is 17.8 Å². The number of carbonyl (C=O) groups is 1. The average Bonchev–Trinajstić information content (AvgIpc) is 2.31. The molecule has 88 valence electrons. The number of halogens is 1. The van der Waals surface area contributed by atoms with Crippen molar-refractivity contribution in [2.45, 2.75) is 6.92 Å². The first-order chi connectivity index (χ1) is 8.22. The van der Waals surface area contributed by atoms with E-state index in [1.54, 1.807) is 19.2 Å².